The van der Waals surface area contributed by atoms with Crippen LogP contribution >= 0.6 is 0 Å². The highest BCUT2D eigenvalue weighted by atomic mass is 32.2. The number of nitrogens with two attached hydrogens (primary N) is 1. The maximum atomic E-state index is 11.6. The molecule has 1 atom stereocenters. The van der Waals surface area contributed by atoms with Crippen molar-refractivity contribution in [1.29, 1.82) is 0 Å². The van der Waals surface area contributed by atoms with Gasteiger partial charge in [0.05, 0.1) is 5.75 Å². The van der Waals surface area contributed by atoms with E-state index < -0.39 is 21.0 Å². The molecule has 1 aromatic carbocycles. The Hall–Kier alpha value is -1.62. The van der Waals surface area contributed by atoms with Gasteiger partial charge in [0.15, 0.2) is 9.84 Å². The minimum atomic E-state index is -3.49. The number of carbonyl (C=O) groups is 1. The van der Waals surface area contributed by atoms with Crippen LogP contribution in [0.2, 0.25) is 0 Å². The fourth-order valence-electron chi connectivity index (χ4n) is 1.20. The Kier molecular flexibility index (Phi) is 4.45. The summed E-state index contributed by atoms with van der Waals surface area (Å²) in [5.74, 6) is -1.01. The SMILES string of the molecule is CC(C(N)=O)S(=O)(=O)CC=Cc1ccccc1. The van der Waals surface area contributed by atoms with E-state index in [0.29, 0.717) is 0 Å². The summed E-state index contributed by atoms with van der Waals surface area (Å²) in [6, 6.07) is 9.32. The Bertz CT molecular complexity index is 506. The van der Waals surface area contributed by atoms with Gasteiger partial charge in [-0.25, -0.2) is 8.42 Å². The van der Waals surface area contributed by atoms with E-state index in [1.807, 2.05) is 30.3 Å². The molecule has 0 bridgehead atoms. The molecule has 0 spiro atoms. The summed E-state index contributed by atoms with van der Waals surface area (Å²) < 4.78 is 23.2. The fraction of sp³-hybridized carbons (Fsp3) is 0.250. The highest BCUT2D eigenvalue weighted by Gasteiger charge is 2.24. The van der Waals surface area contributed by atoms with Crippen molar-refractivity contribution in [2.24, 2.45) is 5.73 Å². The van der Waals surface area contributed by atoms with Crippen molar-refractivity contribution in [3.63, 3.8) is 0 Å². The Labute approximate surface area is 101 Å². The summed E-state index contributed by atoms with van der Waals surface area (Å²) in [6.45, 7) is 1.30. The molecule has 5 heteroatoms. The van der Waals surface area contributed by atoms with Gasteiger partial charge in [-0.05, 0) is 12.5 Å². The monoisotopic (exact) mass is 253 g/mol. The first-order valence-corrected chi connectivity index (χ1v) is 6.87. The van der Waals surface area contributed by atoms with E-state index in [0.717, 1.165) is 5.56 Å². The van der Waals surface area contributed by atoms with Crippen molar-refractivity contribution >= 4 is 21.8 Å². The Morgan fingerprint density at radius 3 is 2.47 bits per heavy atom. The second-order valence-electron chi connectivity index (χ2n) is 3.69. The highest BCUT2D eigenvalue weighted by Crippen LogP contribution is 2.05. The van der Waals surface area contributed by atoms with Crippen molar-refractivity contribution in [3.8, 4) is 0 Å². The van der Waals surface area contributed by atoms with Gasteiger partial charge in [0.2, 0.25) is 5.91 Å². The fourth-order valence-corrected chi connectivity index (χ4v) is 2.21. The maximum Gasteiger partial charge on any atom is 0.235 e. The third-order valence-corrected chi connectivity index (χ3v) is 4.34. The summed E-state index contributed by atoms with van der Waals surface area (Å²) >= 11 is 0. The van der Waals surface area contributed by atoms with Crippen LogP contribution in [0.15, 0.2) is 36.4 Å². The number of hydrogen-bond donors (Lipinski definition) is 1. The van der Waals surface area contributed by atoms with Crippen LogP contribution in [-0.2, 0) is 14.6 Å². The summed E-state index contributed by atoms with van der Waals surface area (Å²) in [5.41, 5.74) is 5.87. The minimum absolute atomic E-state index is 0.188. The number of primary amides is 1. The smallest absolute Gasteiger partial charge is 0.235 e. The van der Waals surface area contributed by atoms with E-state index in [1.165, 1.54) is 13.0 Å². The molecule has 2 N–H and O–H groups in total. The van der Waals surface area contributed by atoms with E-state index in [-0.39, 0.29) is 5.75 Å². The Balaban J connectivity index is 2.68. The molecule has 0 aliphatic rings. The molecule has 1 aromatic rings. The molecular weight excluding hydrogens is 238 g/mol. The number of carbonyl (C=O) groups excluding carboxylic acids is 1. The normalized spacial score (nSPS) is 13.7. The minimum Gasteiger partial charge on any atom is -0.369 e. The second kappa shape index (κ2) is 5.63. The summed E-state index contributed by atoms with van der Waals surface area (Å²) in [5, 5.41) is -1.15. The van der Waals surface area contributed by atoms with Crippen molar-refractivity contribution < 1.29 is 13.2 Å². The Morgan fingerprint density at radius 1 is 1.35 bits per heavy atom. The number of rotatable bonds is 5. The third-order valence-electron chi connectivity index (χ3n) is 2.38. The van der Waals surface area contributed by atoms with Crippen molar-refractivity contribution in [3.05, 3.63) is 42.0 Å². The molecular formula is C12H15NO3S. The summed E-state index contributed by atoms with van der Waals surface area (Å²) in [4.78, 5) is 10.8. The molecule has 0 radical (unpaired) electrons. The van der Waals surface area contributed by atoms with Crippen LogP contribution in [0.4, 0.5) is 0 Å². The number of hydrogen-bond acceptors (Lipinski definition) is 3. The molecule has 0 aromatic heterocycles. The van der Waals surface area contributed by atoms with Gasteiger partial charge in [0, 0.05) is 0 Å². The predicted octanol–water partition coefficient (Wildman–Crippen LogP) is 0.988. The van der Waals surface area contributed by atoms with E-state index in [4.69, 9.17) is 5.73 Å². The number of sulfone groups is 1. The topological polar surface area (TPSA) is 77.2 Å². The lowest BCUT2D eigenvalue weighted by molar-refractivity contribution is -0.117. The van der Waals surface area contributed by atoms with Crippen LogP contribution in [0, 0.1) is 0 Å². The van der Waals surface area contributed by atoms with Gasteiger partial charge in [0.25, 0.3) is 0 Å². The van der Waals surface area contributed by atoms with Crippen LogP contribution in [0.25, 0.3) is 6.08 Å². The zero-order valence-corrected chi connectivity index (χ0v) is 10.4. The van der Waals surface area contributed by atoms with Gasteiger partial charge >= 0.3 is 0 Å². The largest absolute Gasteiger partial charge is 0.369 e. The Morgan fingerprint density at radius 2 is 1.94 bits per heavy atom. The molecule has 0 aliphatic carbocycles. The maximum absolute atomic E-state index is 11.6. The molecule has 92 valence electrons. The molecule has 0 saturated heterocycles. The van der Waals surface area contributed by atoms with Gasteiger partial charge in [-0.3, -0.25) is 4.79 Å². The second-order valence-corrected chi connectivity index (χ2v) is 6.05. The van der Waals surface area contributed by atoms with Crippen molar-refractivity contribution in [1.82, 2.24) is 0 Å². The van der Waals surface area contributed by atoms with Gasteiger partial charge in [-0.1, -0.05) is 42.5 Å². The lowest BCUT2D eigenvalue weighted by Gasteiger charge is -2.06. The summed E-state index contributed by atoms with van der Waals surface area (Å²) in [6.07, 6.45) is 3.22. The van der Waals surface area contributed by atoms with Crippen molar-refractivity contribution in [2.75, 3.05) is 5.75 Å². The average molecular weight is 253 g/mol. The van der Waals surface area contributed by atoms with E-state index in [9.17, 15) is 13.2 Å². The quantitative estimate of drug-likeness (QED) is 0.850. The van der Waals surface area contributed by atoms with Crippen LogP contribution in [0.5, 0.6) is 0 Å². The third kappa shape index (κ3) is 4.03. The molecule has 0 heterocycles. The molecule has 0 saturated carbocycles. The number of amides is 1. The van der Waals surface area contributed by atoms with Gasteiger partial charge in [-0.15, -0.1) is 0 Å². The van der Waals surface area contributed by atoms with Crippen LogP contribution in [-0.4, -0.2) is 25.3 Å². The molecule has 0 aliphatic heterocycles. The first-order chi connectivity index (χ1) is 7.93. The van der Waals surface area contributed by atoms with Gasteiger partial charge in [0.1, 0.15) is 5.25 Å². The van der Waals surface area contributed by atoms with Crippen LogP contribution < -0.4 is 5.73 Å². The molecule has 1 unspecified atom stereocenters. The van der Waals surface area contributed by atoms with E-state index in [2.05, 4.69) is 0 Å². The van der Waals surface area contributed by atoms with Crippen LogP contribution in [0.1, 0.15) is 12.5 Å². The molecule has 1 rings (SSSR count). The standard InChI is InChI=1S/C12H15NO3S/c1-10(12(13)14)17(15,16)9-5-8-11-6-3-2-4-7-11/h2-8,10H,9H2,1H3,(H2,13,14). The number of benzene rings is 1. The first-order valence-electron chi connectivity index (χ1n) is 5.16. The molecule has 1 amide bonds. The molecule has 0 fully saturated rings. The van der Waals surface area contributed by atoms with Gasteiger partial charge in [-0.2, -0.15) is 0 Å². The highest BCUT2D eigenvalue weighted by molar-refractivity contribution is 7.92. The molecule has 17 heavy (non-hydrogen) atoms. The van der Waals surface area contributed by atoms with Gasteiger partial charge < -0.3 is 5.73 Å². The predicted molar refractivity (Wildman–Crippen MR) is 67.9 cm³/mol. The average Bonchev–Trinajstić information content (AvgIpc) is 2.29. The first kappa shape index (κ1) is 13.4. The lowest BCUT2D eigenvalue weighted by Crippen LogP contribution is -2.34. The van der Waals surface area contributed by atoms with E-state index >= 15 is 0 Å². The summed E-state index contributed by atoms with van der Waals surface area (Å²) in [7, 11) is -3.49. The zero-order chi connectivity index (χ0) is 12.9. The van der Waals surface area contributed by atoms with Crippen LogP contribution in [0.3, 0.4) is 0 Å². The van der Waals surface area contributed by atoms with E-state index in [1.54, 1.807) is 6.08 Å². The lowest BCUT2D eigenvalue weighted by atomic mass is 10.2. The molecule has 4 nitrogen and oxygen atoms in total. The van der Waals surface area contributed by atoms with Crippen molar-refractivity contribution in [2.45, 2.75) is 12.2 Å². The zero-order valence-electron chi connectivity index (χ0n) is 9.54.